The third kappa shape index (κ3) is 2.96. The molecule has 1 fully saturated rings. The Kier molecular flexibility index (Phi) is 3.66. The highest BCUT2D eigenvalue weighted by atomic mass is 35.5. The zero-order valence-electron chi connectivity index (χ0n) is 9.53. The fourth-order valence-corrected chi connectivity index (χ4v) is 1.75. The third-order valence-electron chi connectivity index (χ3n) is 2.64. The van der Waals surface area contributed by atoms with Crippen molar-refractivity contribution in [1.82, 2.24) is 9.97 Å². The highest BCUT2D eigenvalue weighted by molar-refractivity contribution is 6.32. The van der Waals surface area contributed by atoms with Crippen LogP contribution in [-0.2, 0) is 4.74 Å². The smallest absolute Gasteiger partial charge is 0.224 e. The molecule has 6 nitrogen and oxygen atoms in total. The Morgan fingerprint density at radius 1 is 1.65 bits per heavy atom. The molecular formula is C10H15ClN4O2. The summed E-state index contributed by atoms with van der Waals surface area (Å²) in [5.74, 6) is 0.984. The van der Waals surface area contributed by atoms with Crippen LogP contribution in [0.5, 0.6) is 0 Å². The van der Waals surface area contributed by atoms with Crippen LogP contribution in [0.2, 0.25) is 5.02 Å². The van der Waals surface area contributed by atoms with Crippen LogP contribution in [0.1, 0.15) is 6.42 Å². The molecule has 0 bridgehead atoms. The van der Waals surface area contributed by atoms with Gasteiger partial charge in [-0.1, -0.05) is 11.6 Å². The maximum Gasteiger partial charge on any atom is 0.224 e. The Hall–Kier alpha value is -1.11. The van der Waals surface area contributed by atoms with Crippen molar-refractivity contribution in [2.75, 3.05) is 37.4 Å². The topological polar surface area (TPSA) is 79.3 Å². The Bertz CT molecular complexity index is 396. The van der Waals surface area contributed by atoms with Gasteiger partial charge >= 0.3 is 0 Å². The summed E-state index contributed by atoms with van der Waals surface area (Å²) in [7, 11) is 1.73. The van der Waals surface area contributed by atoms with Gasteiger partial charge in [-0.3, -0.25) is 0 Å². The summed E-state index contributed by atoms with van der Waals surface area (Å²) in [5, 5.41) is 16.3. The predicted molar refractivity (Wildman–Crippen MR) is 65.5 cm³/mol. The average molecular weight is 259 g/mol. The summed E-state index contributed by atoms with van der Waals surface area (Å²) in [4.78, 5) is 8.14. The van der Waals surface area contributed by atoms with Gasteiger partial charge in [0.25, 0.3) is 0 Å². The van der Waals surface area contributed by atoms with E-state index in [4.69, 9.17) is 16.3 Å². The van der Waals surface area contributed by atoms with Crippen LogP contribution < -0.4 is 10.6 Å². The molecule has 1 atom stereocenters. The molecule has 0 saturated carbocycles. The quantitative estimate of drug-likeness (QED) is 0.739. The van der Waals surface area contributed by atoms with Gasteiger partial charge in [0, 0.05) is 26.6 Å². The van der Waals surface area contributed by atoms with Gasteiger partial charge in [-0.15, -0.1) is 0 Å². The number of aromatic nitrogens is 2. The van der Waals surface area contributed by atoms with Crippen molar-refractivity contribution in [3.63, 3.8) is 0 Å². The van der Waals surface area contributed by atoms with E-state index in [1.165, 1.54) is 6.20 Å². The van der Waals surface area contributed by atoms with Gasteiger partial charge in [-0.25, -0.2) is 4.98 Å². The minimum absolute atomic E-state index is 0.335. The predicted octanol–water partition coefficient (Wildman–Crippen LogP) is 0.735. The number of hydrogen-bond acceptors (Lipinski definition) is 6. The van der Waals surface area contributed by atoms with Gasteiger partial charge in [-0.05, 0) is 0 Å². The molecule has 1 aliphatic rings. The number of halogens is 1. The van der Waals surface area contributed by atoms with Crippen molar-refractivity contribution in [1.29, 1.82) is 0 Å². The second-order valence-electron chi connectivity index (χ2n) is 4.02. The molecule has 1 aromatic heterocycles. The van der Waals surface area contributed by atoms with Gasteiger partial charge in [0.15, 0.2) is 5.82 Å². The number of ether oxygens (including phenoxy) is 1. The summed E-state index contributed by atoms with van der Waals surface area (Å²) >= 11 is 5.96. The molecule has 0 aliphatic carbocycles. The lowest BCUT2D eigenvalue weighted by Gasteiger charge is -2.21. The summed E-state index contributed by atoms with van der Waals surface area (Å²) in [6, 6.07) is 0. The zero-order chi connectivity index (χ0) is 12.3. The van der Waals surface area contributed by atoms with Crippen LogP contribution in [-0.4, -0.2) is 47.5 Å². The summed E-state index contributed by atoms with van der Waals surface area (Å²) in [5.41, 5.74) is -0.839. The fraction of sp³-hybridized carbons (Fsp3) is 0.600. The van der Waals surface area contributed by atoms with E-state index < -0.39 is 5.60 Å². The maximum absolute atomic E-state index is 10.1. The number of nitrogens with one attached hydrogen (secondary N) is 2. The zero-order valence-corrected chi connectivity index (χ0v) is 10.3. The highest BCUT2D eigenvalue weighted by Crippen LogP contribution is 2.22. The van der Waals surface area contributed by atoms with Crippen LogP contribution in [0.4, 0.5) is 11.8 Å². The third-order valence-corrected chi connectivity index (χ3v) is 2.91. The van der Waals surface area contributed by atoms with E-state index >= 15 is 0 Å². The average Bonchev–Trinajstić information content (AvgIpc) is 2.76. The van der Waals surface area contributed by atoms with Gasteiger partial charge < -0.3 is 20.5 Å². The van der Waals surface area contributed by atoms with Crippen LogP contribution in [0.25, 0.3) is 0 Å². The molecule has 1 unspecified atom stereocenters. The molecule has 1 aliphatic heterocycles. The van der Waals surface area contributed by atoms with Crippen LogP contribution in [0.3, 0.4) is 0 Å². The molecule has 0 amide bonds. The molecule has 1 saturated heterocycles. The van der Waals surface area contributed by atoms with E-state index in [1.54, 1.807) is 7.05 Å². The van der Waals surface area contributed by atoms with Crippen molar-refractivity contribution in [3.8, 4) is 0 Å². The number of aliphatic hydroxyl groups is 1. The van der Waals surface area contributed by atoms with Gasteiger partial charge in [0.1, 0.15) is 10.6 Å². The summed E-state index contributed by atoms with van der Waals surface area (Å²) in [6.45, 7) is 1.27. The van der Waals surface area contributed by atoms with E-state index in [0.717, 1.165) is 0 Å². The molecule has 0 radical (unpaired) electrons. The Balaban J connectivity index is 2.02. The lowest BCUT2D eigenvalue weighted by Crippen LogP contribution is -2.37. The van der Waals surface area contributed by atoms with E-state index in [2.05, 4.69) is 20.6 Å². The molecule has 94 valence electrons. The lowest BCUT2D eigenvalue weighted by atomic mass is 10.0. The molecule has 17 heavy (non-hydrogen) atoms. The van der Waals surface area contributed by atoms with Crippen molar-refractivity contribution < 1.29 is 9.84 Å². The van der Waals surface area contributed by atoms with Crippen LogP contribution in [0, 0.1) is 0 Å². The van der Waals surface area contributed by atoms with Crippen molar-refractivity contribution in [2.24, 2.45) is 0 Å². The van der Waals surface area contributed by atoms with Gasteiger partial charge in [0.2, 0.25) is 5.95 Å². The Morgan fingerprint density at radius 3 is 3.12 bits per heavy atom. The molecule has 2 heterocycles. The second-order valence-corrected chi connectivity index (χ2v) is 4.43. The van der Waals surface area contributed by atoms with Gasteiger partial charge in [-0.2, -0.15) is 4.98 Å². The first kappa shape index (κ1) is 12.3. The molecule has 0 aromatic carbocycles. The van der Waals surface area contributed by atoms with Crippen LogP contribution in [0.15, 0.2) is 6.20 Å². The second kappa shape index (κ2) is 5.03. The first-order valence-electron chi connectivity index (χ1n) is 5.37. The number of hydrogen-bond donors (Lipinski definition) is 3. The number of nitrogens with zero attached hydrogens (tertiary/aromatic N) is 2. The van der Waals surface area contributed by atoms with Gasteiger partial charge in [0.05, 0.1) is 12.8 Å². The lowest BCUT2D eigenvalue weighted by molar-refractivity contribution is 0.0381. The van der Waals surface area contributed by atoms with Crippen molar-refractivity contribution in [3.05, 3.63) is 11.2 Å². The van der Waals surface area contributed by atoms with Crippen molar-refractivity contribution >= 4 is 23.4 Å². The molecular weight excluding hydrogens is 244 g/mol. The normalized spacial score (nSPS) is 23.7. The Morgan fingerprint density at radius 2 is 2.47 bits per heavy atom. The minimum atomic E-state index is -0.839. The fourth-order valence-electron chi connectivity index (χ4n) is 1.60. The highest BCUT2D eigenvalue weighted by Gasteiger charge is 2.32. The maximum atomic E-state index is 10.1. The Labute approximate surface area is 104 Å². The van der Waals surface area contributed by atoms with E-state index in [-0.39, 0.29) is 0 Å². The number of anilines is 2. The standard InChI is InChI=1S/C10H15ClN4O2/c1-12-9-13-4-7(11)8(15-9)14-5-10(16)2-3-17-6-10/h4,16H,2-3,5-6H2,1H3,(H2,12,13,14,15). The SMILES string of the molecule is CNc1ncc(Cl)c(NCC2(O)CCOC2)n1. The largest absolute Gasteiger partial charge is 0.386 e. The molecule has 0 spiro atoms. The molecule has 7 heteroatoms. The van der Waals surface area contributed by atoms with Crippen LogP contribution >= 0.6 is 11.6 Å². The summed E-state index contributed by atoms with van der Waals surface area (Å²) in [6.07, 6.45) is 2.12. The molecule has 3 N–H and O–H groups in total. The molecule has 2 rings (SSSR count). The first-order chi connectivity index (χ1) is 8.13. The monoisotopic (exact) mass is 258 g/mol. The number of rotatable bonds is 4. The minimum Gasteiger partial charge on any atom is -0.386 e. The summed E-state index contributed by atoms with van der Waals surface area (Å²) < 4.78 is 5.16. The first-order valence-corrected chi connectivity index (χ1v) is 5.75. The van der Waals surface area contributed by atoms with E-state index in [9.17, 15) is 5.11 Å². The molecule has 1 aromatic rings. The van der Waals surface area contributed by atoms with E-state index in [0.29, 0.717) is 43.0 Å². The van der Waals surface area contributed by atoms with E-state index in [1.807, 2.05) is 0 Å². The van der Waals surface area contributed by atoms with Crippen molar-refractivity contribution in [2.45, 2.75) is 12.0 Å².